The fraction of sp³-hybridized carbons (Fsp3) is 0.571. The lowest BCUT2D eigenvalue weighted by Crippen LogP contribution is -2.24. The monoisotopic (exact) mass is 319 g/mol. The highest BCUT2D eigenvalue weighted by Gasteiger charge is 2.21. The first-order valence-corrected chi connectivity index (χ1v) is 7.87. The Morgan fingerprint density at radius 2 is 1.83 bits per heavy atom. The highest BCUT2D eigenvalue weighted by Crippen LogP contribution is 2.58. The van der Waals surface area contributed by atoms with Crippen molar-refractivity contribution in [1.29, 1.82) is 0 Å². The Kier molecular flexibility index (Phi) is 10.0. The third-order valence-electron chi connectivity index (χ3n) is 1.43. The molecule has 0 aliphatic heterocycles. The molecule has 0 heterocycles. The summed E-state index contributed by atoms with van der Waals surface area (Å²) in [6.07, 6.45) is 1.29. The molecule has 0 aromatic carbocycles. The number of rotatable bonds is 9. The van der Waals surface area contributed by atoms with E-state index in [9.17, 15) is 9.36 Å². The second-order valence-corrected chi connectivity index (χ2v) is 6.77. The van der Waals surface area contributed by atoms with Crippen LogP contribution >= 0.6 is 25.7 Å². The van der Waals surface area contributed by atoms with Gasteiger partial charge in [0, 0.05) is 27.0 Å². The average molecular weight is 319 g/mol. The van der Waals surface area contributed by atoms with Crippen LogP contribution in [0.5, 0.6) is 0 Å². The molecule has 1 amide bonds. The Labute approximate surface area is 109 Å². The quantitative estimate of drug-likeness (QED) is 0.396. The van der Waals surface area contributed by atoms with Gasteiger partial charge in [-0.05, 0) is 0 Å². The third kappa shape index (κ3) is 8.25. The zero-order valence-corrected chi connectivity index (χ0v) is 13.0. The Morgan fingerprint density at radius 1 is 1.33 bits per heavy atom. The molecule has 2 unspecified atom stereocenters. The SMILES string of the molecule is COPOP(=O)(/C=C/CN(O)C(C)=O)OPOC. The predicted molar refractivity (Wildman–Crippen MR) is 68.7 cm³/mol. The first kappa shape index (κ1) is 18.1. The van der Waals surface area contributed by atoms with Crippen molar-refractivity contribution < 1.29 is 32.2 Å². The van der Waals surface area contributed by atoms with E-state index in [1.54, 1.807) is 0 Å². The van der Waals surface area contributed by atoms with Gasteiger partial charge in [-0.3, -0.25) is 23.2 Å². The van der Waals surface area contributed by atoms with Gasteiger partial charge in [-0.25, -0.2) is 5.06 Å². The molecule has 0 spiro atoms. The van der Waals surface area contributed by atoms with Crippen LogP contribution in [0.1, 0.15) is 6.92 Å². The molecular weight excluding hydrogens is 303 g/mol. The van der Waals surface area contributed by atoms with Gasteiger partial charge in [0.15, 0.2) is 18.1 Å². The normalized spacial score (nSPS) is 16.0. The van der Waals surface area contributed by atoms with E-state index in [-0.39, 0.29) is 6.54 Å². The summed E-state index contributed by atoms with van der Waals surface area (Å²) in [6.45, 7) is 1.07. The van der Waals surface area contributed by atoms with Crippen LogP contribution in [0.4, 0.5) is 0 Å². The van der Waals surface area contributed by atoms with Gasteiger partial charge >= 0.3 is 7.60 Å². The van der Waals surface area contributed by atoms with Crippen LogP contribution in [-0.2, 0) is 27.0 Å². The van der Waals surface area contributed by atoms with Crippen molar-refractivity contribution in [2.75, 3.05) is 20.8 Å². The molecule has 8 nitrogen and oxygen atoms in total. The lowest BCUT2D eigenvalue weighted by Gasteiger charge is -2.13. The Morgan fingerprint density at radius 3 is 2.22 bits per heavy atom. The average Bonchev–Trinajstić information content (AvgIpc) is 2.34. The number of hydroxylamine groups is 2. The Bertz CT molecular complexity index is 312. The largest absolute Gasteiger partial charge is 0.363 e. The van der Waals surface area contributed by atoms with Gasteiger partial charge in [0.1, 0.15) is 0 Å². The van der Waals surface area contributed by atoms with E-state index in [0.717, 1.165) is 5.82 Å². The van der Waals surface area contributed by atoms with Crippen LogP contribution < -0.4 is 0 Å². The fourth-order valence-corrected chi connectivity index (χ4v) is 3.41. The number of hydrogen-bond acceptors (Lipinski definition) is 7. The van der Waals surface area contributed by atoms with E-state index in [2.05, 4.69) is 9.05 Å². The molecule has 0 saturated heterocycles. The van der Waals surface area contributed by atoms with E-state index in [4.69, 9.17) is 13.8 Å². The van der Waals surface area contributed by atoms with Crippen LogP contribution in [0, 0.1) is 0 Å². The van der Waals surface area contributed by atoms with Gasteiger partial charge in [-0.15, -0.1) is 0 Å². The fourth-order valence-electron chi connectivity index (χ4n) is 0.663. The van der Waals surface area contributed by atoms with Crippen LogP contribution in [0.2, 0.25) is 0 Å². The summed E-state index contributed by atoms with van der Waals surface area (Å²) in [5, 5.41) is 9.55. The first-order valence-electron chi connectivity index (χ1n) is 4.62. The van der Waals surface area contributed by atoms with E-state index >= 15 is 0 Å². The van der Waals surface area contributed by atoms with Crippen molar-refractivity contribution in [2.45, 2.75) is 6.92 Å². The molecule has 0 fully saturated rings. The van der Waals surface area contributed by atoms with Crippen LogP contribution in [0.15, 0.2) is 11.9 Å². The van der Waals surface area contributed by atoms with Crippen LogP contribution in [0.3, 0.4) is 0 Å². The molecule has 0 aromatic heterocycles. The molecule has 106 valence electrons. The second kappa shape index (κ2) is 9.96. The summed E-state index contributed by atoms with van der Waals surface area (Å²) in [4.78, 5) is 10.7. The minimum atomic E-state index is -3.49. The van der Waals surface area contributed by atoms with E-state index in [1.807, 2.05) is 0 Å². The minimum absolute atomic E-state index is 0.127. The summed E-state index contributed by atoms with van der Waals surface area (Å²) in [5.41, 5.74) is 0. The van der Waals surface area contributed by atoms with Gasteiger partial charge < -0.3 is 9.05 Å². The molecular formula is C7H16NO7P3. The maximum absolute atomic E-state index is 12.0. The number of hydrogen-bond donors (Lipinski definition) is 1. The van der Waals surface area contributed by atoms with Gasteiger partial charge in [0.25, 0.3) is 0 Å². The smallest absolute Gasteiger partial charge is 0.339 e. The molecule has 0 aliphatic rings. The van der Waals surface area contributed by atoms with Crippen LogP contribution in [0.25, 0.3) is 0 Å². The molecule has 2 atom stereocenters. The van der Waals surface area contributed by atoms with E-state index < -0.39 is 31.6 Å². The summed E-state index contributed by atoms with van der Waals surface area (Å²) >= 11 is 0. The molecule has 0 rings (SSSR count). The molecule has 11 heteroatoms. The summed E-state index contributed by atoms with van der Waals surface area (Å²) in [7, 11) is -1.63. The topological polar surface area (TPSA) is 94.5 Å². The third-order valence-corrected chi connectivity index (χ3v) is 4.97. The summed E-state index contributed by atoms with van der Waals surface area (Å²) in [5.74, 6) is 0.603. The van der Waals surface area contributed by atoms with Crippen LogP contribution in [-0.4, -0.2) is 36.9 Å². The maximum Gasteiger partial charge on any atom is 0.363 e. The van der Waals surface area contributed by atoms with Gasteiger partial charge in [0.05, 0.1) is 6.54 Å². The number of amides is 1. The van der Waals surface area contributed by atoms with E-state index in [1.165, 1.54) is 27.2 Å². The lowest BCUT2D eigenvalue weighted by molar-refractivity contribution is -0.160. The Balaban J connectivity index is 4.42. The van der Waals surface area contributed by atoms with Crippen molar-refractivity contribution in [3.05, 3.63) is 11.9 Å². The Hall–Kier alpha value is 0.100. The molecule has 0 radical (unpaired) electrons. The molecule has 18 heavy (non-hydrogen) atoms. The highest BCUT2D eigenvalue weighted by molar-refractivity contribution is 7.66. The number of carbonyl (C=O) groups is 1. The molecule has 1 N–H and O–H groups in total. The first-order chi connectivity index (χ1) is 8.45. The molecule has 0 aliphatic carbocycles. The van der Waals surface area contributed by atoms with Gasteiger partial charge in [0.2, 0.25) is 5.91 Å². The predicted octanol–water partition coefficient (Wildman–Crippen LogP) is 2.27. The zero-order chi connectivity index (χ0) is 14.0. The minimum Gasteiger partial charge on any atom is -0.339 e. The van der Waals surface area contributed by atoms with Crippen molar-refractivity contribution in [3.63, 3.8) is 0 Å². The zero-order valence-electron chi connectivity index (χ0n) is 10.2. The molecule has 0 bridgehead atoms. The molecule has 0 saturated carbocycles. The van der Waals surface area contributed by atoms with Crippen molar-refractivity contribution in [1.82, 2.24) is 5.06 Å². The number of nitrogens with zero attached hydrogens (tertiary/aromatic N) is 1. The van der Waals surface area contributed by atoms with Crippen molar-refractivity contribution >= 4 is 31.6 Å². The van der Waals surface area contributed by atoms with Gasteiger partial charge in [-0.2, -0.15) is 0 Å². The summed E-state index contributed by atoms with van der Waals surface area (Å²) in [6, 6.07) is 0. The molecule has 0 aromatic rings. The summed E-state index contributed by atoms with van der Waals surface area (Å²) < 4.78 is 31.2. The highest BCUT2D eigenvalue weighted by atomic mass is 31.3. The number of carbonyl (C=O) groups excluding carboxylic acids is 1. The van der Waals surface area contributed by atoms with Gasteiger partial charge in [-0.1, -0.05) is 6.08 Å². The van der Waals surface area contributed by atoms with Crippen molar-refractivity contribution in [2.24, 2.45) is 0 Å². The lowest BCUT2D eigenvalue weighted by atomic mass is 10.6. The van der Waals surface area contributed by atoms with E-state index in [0.29, 0.717) is 5.06 Å². The second-order valence-electron chi connectivity index (χ2n) is 2.78. The standard InChI is InChI=1S/C7H16NO7P3/c1-7(9)8(10)5-4-6-18(11,14-16-12-2)15-17-13-3/h4,6,10,16-17H,5H2,1-3H3/b6-4+. The maximum atomic E-state index is 12.0. The van der Waals surface area contributed by atoms with Crippen molar-refractivity contribution in [3.8, 4) is 0 Å².